The van der Waals surface area contributed by atoms with E-state index in [0.29, 0.717) is 5.02 Å². The maximum atomic E-state index is 12.7. The quantitative estimate of drug-likeness (QED) is 0.678. The topological polar surface area (TPSA) is 64.7 Å². The fourth-order valence-corrected chi connectivity index (χ4v) is 1.16. The Balaban J connectivity index is 2.99. The summed E-state index contributed by atoms with van der Waals surface area (Å²) in [7, 11) is 0. The third-order valence-corrected chi connectivity index (χ3v) is 2.00. The molecule has 0 bridgehead atoms. The molecule has 2 N–H and O–H groups in total. The number of nitrogens with two attached hydrogens (primary N) is 1. The Hall–Kier alpha value is -1.76. The number of hydrogen-bond donors (Lipinski definition) is 1. The predicted molar refractivity (Wildman–Crippen MR) is 59.2 cm³/mol. The van der Waals surface area contributed by atoms with Crippen molar-refractivity contribution in [3.8, 4) is 0 Å². The zero-order valence-corrected chi connectivity index (χ0v) is 9.63. The summed E-state index contributed by atoms with van der Waals surface area (Å²) < 4.78 is 38.0. The number of hydrogen-bond acceptors (Lipinski definition) is 3. The molecule has 0 unspecified atom stereocenters. The summed E-state index contributed by atoms with van der Waals surface area (Å²) in [5.41, 5.74) is 3.23. The van der Waals surface area contributed by atoms with Crippen molar-refractivity contribution in [1.82, 2.24) is 0 Å². The van der Waals surface area contributed by atoms with E-state index in [0.717, 1.165) is 12.1 Å². The zero-order valence-electron chi connectivity index (χ0n) is 8.87. The molecule has 0 saturated carbocycles. The molecule has 0 atom stereocenters. The number of oxime groups is 1. The molecule has 1 rings (SSSR count). The van der Waals surface area contributed by atoms with Crippen molar-refractivity contribution < 1.29 is 22.8 Å². The van der Waals surface area contributed by atoms with Crippen molar-refractivity contribution in [3.63, 3.8) is 0 Å². The van der Waals surface area contributed by atoms with Crippen LogP contribution in [0.15, 0.2) is 29.4 Å². The second-order valence-corrected chi connectivity index (χ2v) is 3.62. The van der Waals surface area contributed by atoms with E-state index in [9.17, 15) is 18.0 Å². The Morgan fingerprint density at radius 1 is 1.33 bits per heavy atom. The molecule has 1 amide bonds. The average Bonchev–Trinajstić information content (AvgIpc) is 2.24. The Morgan fingerprint density at radius 3 is 2.33 bits per heavy atom. The zero-order chi connectivity index (χ0) is 13.8. The van der Waals surface area contributed by atoms with E-state index >= 15 is 0 Å². The standard InChI is InChI=1S/C10H8ClF3N2O2/c11-7-3-1-6(2-4-7)9(10(12,13)14)16-18-5-8(15)17/h1-4H,5H2,(H2,15,17)/b16-9+. The summed E-state index contributed by atoms with van der Waals surface area (Å²) in [5.74, 6) is -0.920. The number of halogens is 4. The van der Waals surface area contributed by atoms with E-state index in [2.05, 4.69) is 9.99 Å². The first-order chi connectivity index (χ1) is 8.30. The van der Waals surface area contributed by atoms with Crippen LogP contribution in [0.25, 0.3) is 0 Å². The van der Waals surface area contributed by atoms with Crippen LogP contribution in [0.2, 0.25) is 5.02 Å². The Morgan fingerprint density at radius 2 is 1.89 bits per heavy atom. The Kier molecular flexibility index (Phi) is 4.55. The van der Waals surface area contributed by atoms with Gasteiger partial charge in [0.1, 0.15) is 0 Å². The van der Waals surface area contributed by atoms with Crippen molar-refractivity contribution in [2.45, 2.75) is 6.18 Å². The summed E-state index contributed by atoms with van der Waals surface area (Å²) in [6.07, 6.45) is -4.72. The van der Waals surface area contributed by atoms with Gasteiger partial charge in [0.25, 0.3) is 5.91 Å². The van der Waals surface area contributed by atoms with Gasteiger partial charge in [-0.05, 0) is 12.1 Å². The van der Waals surface area contributed by atoms with Crippen LogP contribution < -0.4 is 5.73 Å². The first-order valence-corrected chi connectivity index (χ1v) is 5.00. The minimum Gasteiger partial charge on any atom is -0.385 e. The van der Waals surface area contributed by atoms with Gasteiger partial charge in [-0.15, -0.1) is 0 Å². The number of rotatable bonds is 4. The molecule has 98 valence electrons. The predicted octanol–water partition coefficient (Wildman–Crippen LogP) is 2.11. The van der Waals surface area contributed by atoms with E-state index in [1.807, 2.05) is 0 Å². The minimum absolute atomic E-state index is 0.226. The summed E-state index contributed by atoms with van der Waals surface area (Å²) in [4.78, 5) is 14.6. The van der Waals surface area contributed by atoms with Crippen LogP contribution in [0.1, 0.15) is 5.56 Å². The van der Waals surface area contributed by atoms with E-state index < -0.39 is 24.4 Å². The van der Waals surface area contributed by atoms with Crippen molar-refractivity contribution >= 4 is 23.2 Å². The molecule has 1 aromatic carbocycles. The van der Waals surface area contributed by atoms with Gasteiger partial charge < -0.3 is 10.6 Å². The van der Waals surface area contributed by atoms with Gasteiger partial charge in [-0.1, -0.05) is 28.9 Å². The smallest absolute Gasteiger partial charge is 0.385 e. The maximum Gasteiger partial charge on any atom is 0.437 e. The molecule has 0 heterocycles. The molecule has 1 aromatic rings. The second-order valence-electron chi connectivity index (χ2n) is 3.18. The fourth-order valence-electron chi connectivity index (χ4n) is 1.04. The highest BCUT2D eigenvalue weighted by atomic mass is 35.5. The molecule has 0 radical (unpaired) electrons. The number of amides is 1. The molecular formula is C10H8ClF3N2O2. The highest BCUT2D eigenvalue weighted by molar-refractivity contribution is 6.30. The largest absolute Gasteiger partial charge is 0.437 e. The van der Waals surface area contributed by atoms with Gasteiger partial charge in [-0.3, -0.25) is 4.79 Å². The molecule has 0 aromatic heterocycles. The number of carbonyl (C=O) groups excluding carboxylic acids is 1. The number of nitrogens with zero attached hydrogens (tertiary/aromatic N) is 1. The molecule has 0 aliphatic heterocycles. The fraction of sp³-hybridized carbons (Fsp3) is 0.200. The maximum absolute atomic E-state index is 12.7. The highest BCUT2D eigenvalue weighted by Crippen LogP contribution is 2.23. The molecule has 0 aliphatic rings. The molecule has 0 spiro atoms. The monoisotopic (exact) mass is 280 g/mol. The van der Waals surface area contributed by atoms with Gasteiger partial charge in [0.2, 0.25) is 0 Å². The van der Waals surface area contributed by atoms with Gasteiger partial charge in [-0.2, -0.15) is 13.2 Å². The van der Waals surface area contributed by atoms with Crippen LogP contribution in [-0.2, 0) is 9.63 Å². The summed E-state index contributed by atoms with van der Waals surface area (Å²) >= 11 is 5.56. The molecule has 0 saturated heterocycles. The Bertz CT molecular complexity index is 457. The molecule has 8 heteroatoms. The van der Waals surface area contributed by atoms with Gasteiger partial charge in [0.15, 0.2) is 12.3 Å². The van der Waals surface area contributed by atoms with E-state index in [-0.39, 0.29) is 5.56 Å². The second kappa shape index (κ2) is 5.72. The number of primary amides is 1. The van der Waals surface area contributed by atoms with Crippen LogP contribution in [0.3, 0.4) is 0 Å². The van der Waals surface area contributed by atoms with E-state index in [1.165, 1.54) is 12.1 Å². The number of alkyl halides is 3. The van der Waals surface area contributed by atoms with E-state index in [1.54, 1.807) is 0 Å². The molecule has 0 fully saturated rings. The van der Waals surface area contributed by atoms with Crippen LogP contribution in [-0.4, -0.2) is 24.4 Å². The molecule has 4 nitrogen and oxygen atoms in total. The molecular weight excluding hydrogens is 273 g/mol. The molecule has 0 aliphatic carbocycles. The van der Waals surface area contributed by atoms with Crippen LogP contribution in [0, 0.1) is 0 Å². The first-order valence-electron chi connectivity index (χ1n) is 4.62. The lowest BCUT2D eigenvalue weighted by molar-refractivity contribution is -0.122. The lowest BCUT2D eigenvalue weighted by Gasteiger charge is -2.10. The van der Waals surface area contributed by atoms with Crippen LogP contribution in [0.5, 0.6) is 0 Å². The third kappa shape index (κ3) is 4.25. The van der Waals surface area contributed by atoms with Crippen LogP contribution in [0.4, 0.5) is 13.2 Å². The first kappa shape index (κ1) is 14.3. The van der Waals surface area contributed by atoms with Crippen molar-refractivity contribution in [2.24, 2.45) is 10.9 Å². The SMILES string of the molecule is NC(=O)CO/N=C(\c1ccc(Cl)cc1)C(F)(F)F. The summed E-state index contributed by atoms with van der Waals surface area (Å²) in [6, 6.07) is 4.85. The number of carbonyl (C=O) groups is 1. The molecule has 18 heavy (non-hydrogen) atoms. The van der Waals surface area contributed by atoms with Gasteiger partial charge in [0.05, 0.1) is 0 Å². The van der Waals surface area contributed by atoms with Crippen molar-refractivity contribution in [1.29, 1.82) is 0 Å². The lowest BCUT2D eigenvalue weighted by Crippen LogP contribution is -2.25. The minimum atomic E-state index is -4.72. The van der Waals surface area contributed by atoms with Gasteiger partial charge in [0, 0.05) is 10.6 Å². The van der Waals surface area contributed by atoms with E-state index in [4.69, 9.17) is 17.3 Å². The lowest BCUT2D eigenvalue weighted by atomic mass is 10.1. The average molecular weight is 281 g/mol. The number of benzene rings is 1. The summed E-state index contributed by atoms with van der Waals surface area (Å²) in [6.45, 7) is -0.729. The van der Waals surface area contributed by atoms with Crippen molar-refractivity contribution in [2.75, 3.05) is 6.61 Å². The van der Waals surface area contributed by atoms with Crippen LogP contribution >= 0.6 is 11.6 Å². The van der Waals surface area contributed by atoms with Crippen molar-refractivity contribution in [3.05, 3.63) is 34.9 Å². The van der Waals surface area contributed by atoms with Gasteiger partial charge >= 0.3 is 6.18 Å². The third-order valence-electron chi connectivity index (χ3n) is 1.75. The summed E-state index contributed by atoms with van der Waals surface area (Å²) in [5, 5.41) is 3.17. The Labute approximate surface area is 105 Å². The normalized spacial score (nSPS) is 12.3. The van der Waals surface area contributed by atoms with Gasteiger partial charge in [-0.25, -0.2) is 0 Å². The highest BCUT2D eigenvalue weighted by Gasteiger charge is 2.37.